The van der Waals surface area contributed by atoms with Crippen molar-refractivity contribution >= 4 is 11.8 Å². The molecule has 0 N–H and O–H groups in total. The molecule has 3 heteroatoms. The number of nitrogens with zero attached hydrogens (tertiary/aromatic N) is 1. The molecule has 0 aliphatic rings. The molecule has 0 aliphatic carbocycles. The van der Waals surface area contributed by atoms with Crippen LogP contribution in [0, 0.1) is 4.91 Å². The first kappa shape index (κ1) is 6.95. The van der Waals surface area contributed by atoms with E-state index in [4.69, 9.17) is 0 Å². The van der Waals surface area contributed by atoms with Gasteiger partial charge in [0.25, 0.3) is 0 Å². The maximum absolute atomic E-state index is 9.62. The van der Waals surface area contributed by atoms with Gasteiger partial charge < -0.3 is 0 Å². The molecule has 0 aromatic rings. The molecule has 1 atom stereocenters. The highest BCUT2D eigenvalue weighted by molar-refractivity contribution is 7.99. The Morgan fingerprint density at radius 2 is 2.43 bits per heavy atom. The lowest BCUT2D eigenvalue weighted by molar-refractivity contribution is 1.03. The van der Waals surface area contributed by atoms with E-state index in [0.717, 1.165) is 5.75 Å². The monoisotopic (exact) mass is 119 g/mol. The lowest BCUT2D eigenvalue weighted by Crippen LogP contribution is -1.87. The van der Waals surface area contributed by atoms with E-state index >= 15 is 0 Å². The second-order valence-corrected chi connectivity index (χ2v) is 2.75. The Bertz CT molecular complexity index is 57.7. The van der Waals surface area contributed by atoms with Gasteiger partial charge in [-0.3, -0.25) is 0 Å². The summed E-state index contributed by atoms with van der Waals surface area (Å²) in [5.74, 6) is 0.965. The van der Waals surface area contributed by atoms with Gasteiger partial charge in [0.2, 0.25) is 0 Å². The van der Waals surface area contributed by atoms with Crippen molar-refractivity contribution in [3.05, 3.63) is 4.91 Å². The van der Waals surface area contributed by atoms with E-state index in [1.807, 2.05) is 6.92 Å². The summed E-state index contributed by atoms with van der Waals surface area (Å²) < 4.78 is 0. The molecule has 0 bridgehead atoms. The van der Waals surface area contributed by atoms with Crippen LogP contribution in [-0.4, -0.2) is 11.1 Å². The number of hydrogen-bond donors (Lipinski definition) is 0. The molecular formula is C4H9NOS. The Morgan fingerprint density at radius 1 is 1.86 bits per heavy atom. The smallest absolute Gasteiger partial charge is 0.134 e. The first-order chi connectivity index (χ1) is 3.31. The van der Waals surface area contributed by atoms with Gasteiger partial charge in [0.1, 0.15) is 5.37 Å². The van der Waals surface area contributed by atoms with Gasteiger partial charge in [-0.1, -0.05) is 12.1 Å². The number of thioether (sulfide) groups is 1. The highest BCUT2D eigenvalue weighted by Gasteiger charge is 1.94. The van der Waals surface area contributed by atoms with Gasteiger partial charge in [-0.05, 0) is 12.7 Å². The fourth-order valence-electron chi connectivity index (χ4n) is 0.272. The topological polar surface area (TPSA) is 29.4 Å². The Kier molecular flexibility index (Phi) is 4.09. The predicted molar refractivity (Wildman–Crippen MR) is 33.4 cm³/mol. The predicted octanol–water partition coefficient (Wildman–Crippen LogP) is 1.85. The van der Waals surface area contributed by atoms with Crippen LogP contribution < -0.4 is 0 Å². The van der Waals surface area contributed by atoms with Gasteiger partial charge >= 0.3 is 0 Å². The Labute approximate surface area is 47.7 Å². The molecule has 42 valence electrons. The van der Waals surface area contributed by atoms with E-state index in [2.05, 4.69) is 5.18 Å². The molecule has 2 nitrogen and oxygen atoms in total. The fraction of sp³-hybridized carbons (Fsp3) is 1.00. The Morgan fingerprint density at radius 3 is 2.57 bits per heavy atom. The van der Waals surface area contributed by atoms with Crippen LogP contribution in [0.15, 0.2) is 5.18 Å². The first-order valence-electron chi connectivity index (χ1n) is 2.25. The molecule has 1 unspecified atom stereocenters. The van der Waals surface area contributed by atoms with Crippen LogP contribution in [0.2, 0.25) is 0 Å². The highest BCUT2D eigenvalue weighted by atomic mass is 32.2. The molecule has 0 heterocycles. The lowest BCUT2D eigenvalue weighted by Gasteiger charge is -1.93. The van der Waals surface area contributed by atoms with Crippen LogP contribution in [0.1, 0.15) is 13.8 Å². The van der Waals surface area contributed by atoms with Crippen molar-refractivity contribution in [3.8, 4) is 0 Å². The Balaban J connectivity index is 2.98. The normalized spacial score (nSPS) is 13.4. The first-order valence-corrected chi connectivity index (χ1v) is 3.30. The summed E-state index contributed by atoms with van der Waals surface area (Å²) in [6.07, 6.45) is 0. The van der Waals surface area contributed by atoms with Crippen molar-refractivity contribution in [1.82, 2.24) is 0 Å². The summed E-state index contributed by atoms with van der Waals surface area (Å²) >= 11 is 1.55. The van der Waals surface area contributed by atoms with Crippen molar-refractivity contribution < 1.29 is 0 Å². The standard InChI is InChI=1S/C4H9NOS/c1-3-7-4(2)5-6/h4H,3H2,1-2H3. The summed E-state index contributed by atoms with van der Waals surface area (Å²) in [5.41, 5.74) is 0. The summed E-state index contributed by atoms with van der Waals surface area (Å²) in [4.78, 5) is 9.62. The van der Waals surface area contributed by atoms with Gasteiger partial charge in [-0.15, -0.1) is 16.7 Å². The van der Waals surface area contributed by atoms with E-state index in [0.29, 0.717) is 0 Å². The average Bonchev–Trinajstić information content (AvgIpc) is 1.68. The molecule has 0 radical (unpaired) electrons. The minimum Gasteiger partial charge on any atom is -0.150 e. The summed E-state index contributed by atoms with van der Waals surface area (Å²) in [7, 11) is 0. The number of rotatable bonds is 3. The quantitative estimate of drug-likeness (QED) is 0.530. The van der Waals surface area contributed by atoms with Crippen molar-refractivity contribution in [1.29, 1.82) is 0 Å². The molecule has 0 fully saturated rings. The minimum absolute atomic E-state index is 0.0648. The van der Waals surface area contributed by atoms with E-state index in [9.17, 15) is 4.91 Å². The van der Waals surface area contributed by atoms with E-state index in [-0.39, 0.29) is 5.37 Å². The summed E-state index contributed by atoms with van der Waals surface area (Å²) in [6.45, 7) is 3.80. The molecule has 0 aliphatic heterocycles. The minimum atomic E-state index is -0.0648. The molecule has 0 rings (SSSR count). The summed E-state index contributed by atoms with van der Waals surface area (Å²) in [5, 5.41) is 2.73. The van der Waals surface area contributed by atoms with Crippen LogP contribution in [0.4, 0.5) is 0 Å². The zero-order valence-corrected chi connectivity index (χ0v) is 5.36. The molecule has 0 saturated carbocycles. The molecule has 0 spiro atoms. The molecule has 0 saturated heterocycles. The third-order valence-electron chi connectivity index (χ3n) is 0.556. The third-order valence-corrected chi connectivity index (χ3v) is 1.46. The maximum Gasteiger partial charge on any atom is 0.134 e. The van der Waals surface area contributed by atoms with Crippen LogP contribution in [0.25, 0.3) is 0 Å². The SMILES string of the molecule is CCSC(C)N=O. The second-order valence-electron chi connectivity index (χ2n) is 1.16. The molecular weight excluding hydrogens is 110 g/mol. The van der Waals surface area contributed by atoms with Gasteiger partial charge in [-0.25, -0.2) is 0 Å². The van der Waals surface area contributed by atoms with Gasteiger partial charge in [-0.2, -0.15) is 0 Å². The average molecular weight is 119 g/mol. The van der Waals surface area contributed by atoms with Gasteiger partial charge in [0.15, 0.2) is 0 Å². The fourth-order valence-corrected chi connectivity index (χ4v) is 0.815. The van der Waals surface area contributed by atoms with E-state index < -0.39 is 0 Å². The maximum atomic E-state index is 9.62. The molecule has 7 heavy (non-hydrogen) atoms. The van der Waals surface area contributed by atoms with E-state index in [1.165, 1.54) is 0 Å². The lowest BCUT2D eigenvalue weighted by atomic mass is 10.8. The van der Waals surface area contributed by atoms with Gasteiger partial charge in [0.05, 0.1) is 0 Å². The van der Waals surface area contributed by atoms with Crippen LogP contribution in [0.3, 0.4) is 0 Å². The zero-order chi connectivity index (χ0) is 5.70. The molecule has 0 aromatic carbocycles. The molecule has 0 aromatic heterocycles. The second kappa shape index (κ2) is 4.12. The highest BCUT2D eigenvalue weighted by Crippen LogP contribution is 2.08. The van der Waals surface area contributed by atoms with Crippen molar-refractivity contribution in [2.75, 3.05) is 5.75 Å². The van der Waals surface area contributed by atoms with Crippen LogP contribution in [0.5, 0.6) is 0 Å². The van der Waals surface area contributed by atoms with Gasteiger partial charge in [0, 0.05) is 0 Å². The van der Waals surface area contributed by atoms with Crippen molar-refractivity contribution in [3.63, 3.8) is 0 Å². The van der Waals surface area contributed by atoms with Crippen molar-refractivity contribution in [2.24, 2.45) is 5.18 Å². The summed E-state index contributed by atoms with van der Waals surface area (Å²) in [6, 6.07) is 0. The number of hydrogen-bond acceptors (Lipinski definition) is 3. The number of nitroso groups, excluding NO2 is 1. The largest absolute Gasteiger partial charge is 0.150 e. The Hall–Kier alpha value is -0.0500. The molecule has 0 amide bonds. The van der Waals surface area contributed by atoms with E-state index in [1.54, 1.807) is 18.7 Å². The zero-order valence-electron chi connectivity index (χ0n) is 4.55. The van der Waals surface area contributed by atoms with Crippen molar-refractivity contribution in [2.45, 2.75) is 19.2 Å². The van der Waals surface area contributed by atoms with Crippen LogP contribution in [-0.2, 0) is 0 Å². The third kappa shape index (κ3) is 3.79. The van der Waals surface area contributed by atoms with Crippen LogP contribution >= 0.6 is 11.8 Å².